The summed E-state index contributed by atoms with van der Waals surface area (Å²) in [5.41, 5.74) is -0.422. The van der Waals surface area contributed by atoms with E-state index in [-0.39, 0.29) is 36.0 Å². The Hall–Kier alpha value is -2.70. The van der Waals surface area contributed by atoms with Gasteiger partial charge < -0.3 is 23.6 Å². The first-order valence-corrected chi connectivity index (χ1v) is 8.11. The Bertz CT molecular complexity index is 736. The van der Waals surface area contributed by atoms with Crippen LogP contribution in [0.5, 0.6) is 0 Å². The number of carbonyl (C=O) groups is 2. The molecule has 2 rings (SSSR count). The molecule has 7 nitrogen and oxygen atoms in total. The first-order valence-electron chi connectivity index (χ1n) is 8.11. The molecule has 136 valence electrons. The number of anilines is 1. The molecule has 0 aromatic carbocycles. The van der Waals surface area contributed by atoms with E-state index in [4.69, 9.17) is 18.3 Å². The highest BCUT2D eigenvalue weighted by Crippen LogP contribution is 2.37. The number of ether oxygens (including phenoxy) is 2. The molecule has 0 radical (unpaired) electrons. The van der Waals surface area contributed by atoms with E-state index in [0.717, 1.165) is 0 Å². The molecule has 0 aliphatic carbocycles. The van der Waals surface area contributed by atoms with E-state index in [1.807, 2.05) is 20.8 Å². The van der Waals surface area contributed by atoms with Crippen LogP contribution in [-0.2, 0) is 9.47 Å². The lowest BCUT2D eigenvalue weighted by atomic mass is 10.1. The van der Waals surface area contributed by atoms with Gasteiger partial charge in [0, 0.05) is 5.54 Å². The Labute approximate surface area is 146 Å². The fourth-order valence-corrected chi connectivity index (χ4v) is 2.24. The van der Waals surface area contributed by atoms with Crippen molar-refractivity contribution >= 4 is 17.8 Å². The molecule has 0 bridgehead atoms. The van der Waals surface area contributed by atoms with Gasteiger partial charge in [-0.25, -0.2) is 9.59 Å². The third kappa shape index (κ3) is 4.23. The summed E-state index contributed by atoms with van der Waals surface area (Å²) in [7, 11) is 0. The van der Waals surface area contributed by atoms with Crippen LogP contribution >= 0.6 is 0 Å². The van der Waals surface area contributed by atoms with E-state index in [0.29, 0.717) is 5.76 Å². The molecule has 0 unspecified atom stereocenters. The first-order chi connectivity index (χ1) is 11.8. The molecule has 1 N–H and O–H groups in total. The Kier molecular flexibility index (Phi) is 5.56. The maximum atomic E-state index is 12.5. The smallest absolute Gasteiger partial charge is 0.344 e. The highest BCUT2D eigenvalue weighted by atomic mass is 16.5. The van der Waals surface area contributed by atoms with Crippen molar-refractivity contribution in [1.29, 1.82) is 0 Å². The van der Waals surface area contributed by atoms with Gasteiger partial charge in [-0.3, -0.25) is 0 Å². The molecular weight excluding hydrogens is 326 g/mol. The second-order valence-corrected chi connectivity index (χ2v) is 6.30. The summed E-state index contributed by atoms with van der Waals surface area (Å²) in [5, 5.41) is 3.09. The molecule has 2 aromatic rings. The Morgan fingerprint density at radius 1 is 1.08 bits per heavy atom. The minimum atomic E-state index is -0.678. The summed E-state index contributed by atoms with van der Waals surface area (Å²) >= 11 is 0. The van der Waals surface area contributed by atoms with Crippen molar-refractivity contribution in [3.05, 3.63) is 29.5 Å². The number of nitrogens with one attached hydrogen (secondary N) is 1. The minimum absolute atomic E-state index is 0.00150. The monoisotopic (exact) mass is 349 g/mol. The molecule has 25 heavy (non-hydrogen) atoms. The standard InChI is InChI=1S/C18H23NO6/c1-6-22-16(20)12-13(17(21)23-7-2)15(19-18(3,4)5)25-14(12)11-9-8-10-24-11/h8-10,19H,6-7H2,1-5H3. The van der Waals surface area contributed by atoms with Crippen LogP contribution in [0.25, 0.3) is 11.5 Å². The third-order valence-corrected chi connectivity index (χ3v) is 3.10. The average molecular weight is 349 g/mol. The number of hydrogen-bond acceptors (Lipinski definition) is 7. The summed E-state index contributed by atoms with van der Waals surface area (Å²) in [5.74, 6) is -0.768. The normalized spacial score (nSPS) is 11.2. The SMILES string of the molecule is CCOC(=O)c1c(NC(C)(C)C)oc(-c2ccco2)c1C(=O)OCC. The summed E-state index contributed by atoms with van der Waals surface area (Å²) in [6.45, 7) is 9.40. The lowest BCUT2D eigenvalue weighted by Crippen LogP contribution is -2.27. The Morgan fingerprint density at radius 3 is 2.16 bits per heavy atom. The average Bonchev–Trinajstić information content (AvgIpc) is 3.13. The molecule has 2 heterocycles. The Balaban J connectivity index is 2.69. The number of rotatable bonds is 6. The van der Waals surface area contributed by atoms with E-state index in [9.17, 15) is 9.59 Å². The van der Waals surface area contributed by atoms with Crippen molar-refractivity contribution in [3.8, 4) is 11.5 Å². The zero-order chi connectivity index (χ0) is 18.6. The first kappa shape index (κ1) is 18.6. The molecule has 0 aliphatic rings. The van der Waals surface area contributed by atoms with Gasteiger partial charge in [-0.15, -0.1) is 0 Å². The lowest BCUT2D eigenvalue weighted by Gasteiger charge is -2.20. The number of hydrogen-bond donors (Lipinski definition) is 1. The van der Waals surface area contributed by atoms with Gasteiger partial charge in [0.25, 0.3) is 0 Å². The summed E-state index contributed by atoms with van der Waals surface area (Å²) < 4.78 is 21.3. The van der Waals surface area contributed by atoms with Crippen LogP contribution < -0.4 is 5.32 Å². The van der Waals surface area contributed by atoms with Crippen molar-refractivity contribution in [1.82, 2.24) is 0 Å². The van der Waals surface area contributed by atoms with E-state index in [2.05, 4.69) is 5.32 Å². The molecule has 0 spiro atoms. The zero-order valence-electron chi connectivity index (χ0n) is 15.1. The van der Waals surface area contributed by atoms with Gasteiger partial charge in [0.2, 0.25) is 5.88 Å². The molecule has 0 amide bonds. The molecule has 0 atom stereocenters. The van der Waals surface area contributed by atoms with Crippen LogP contribution in [-0.4, -0.2) is 30.7 Å². The molecule has 2 aromatic heterocycles. The summed E-state index contributed by atoms with van der Waals surface area (Å²) in [4.78, 5) is 25.0. The van der Waals surface area contributed by atoms with Crippen molar-refractivity contribution in [2.24, 2.45) is 0 Å². The predicted octanol–water partition coefficient (Wildman–Crippen LogP) is 4.10. The highest BCUT2D eigenvalue weighted by Gasteiger charge is 2.35. The second-order valence-electron chi connectivity index (χ2n) is 6.30. The van der Waals surface area contributed by atoms with Gasteiger partial charge in [-0.1, -0.05) is 0 Å². The van der Waals surface area contributed by atoms with Gasteiger partial charge in [0.1, 0.15) is 11.1 Å². The van der Waals surface area contributed by atoms with E-state index >= 15 is 0 Å². The maximum Gasteiger partial charge on any atom is 0.344 e. The Morgan fingerprint density at radius 2 is 1.68 bits per heavy atom. The molecule has 0 aliphatic heterocycles. The molecule has 0 fully saturated rings. The van der Waals surface area contributed by atoms with Crippen molar-refractivity contribution in [2.75, 3.05) is 18.5 Å². The minimum Gasteiger partial charge on any atom is -0.462 e. The quantitative estimate of drug-likeness (QED) is 0.785. The second kappa shape index (κ2) is 7.46. The fourth-order valence-electron chi connectivity index (χ4n) is 2.24. The van der Waals surface area contributed by atoms with E-state index in [1.54, 1.807) is 26.0 Å². The van der Waals surface area contributed by atoms with Crippen molar-refractivity contribution in [3.63, 3.8) is 0 Å². The van der Waals surface area contributed by atoms with Gasteiger partial charge in [-0.2, -0.15) is 0 Å². The van der Waals surface area contributed by atoms with Gasteiger partial charge >= 0.3 is 11.9 Å². The largest absolute Gasteiger partial charge is 0.462 e. The van der Waals surface area contributed by atoms with E-state index in [1.165, 1.54) is 6.26 Å². The van der Waals surface area contributed by atoms with Gasteiger partial charge in [-0.05, 0) is 46.8 Å². The van der Waals surface area contributed by atoms with Gasteiger partial charge in [0.15, 0.2) is 11.5 Å². The van der Waals surface area contributed by atoms with Crippen molar-refractivity contribution < 1.29 is 27.9 Å². The maximum absolute atomic E-state index is 12.5. The van der Waals surface area contributed by atoms with Crippen LogP contribution in [0.3, 0.4) is 0 Å². The van der Waals surface area contributed by atoms with E-state index < -0.39 is 17.5 Å². The number of carbonyl (C=O) groups excluding carboxylic acids is 2. The molecule has 7 heteroatoms. The molecule has 0 saturated heterocycles. The van der Waals surface area contributed by atoms with Crippen LogP contribution in [0.1, 0.15) is 55.3 Å². The van der Waals surface area contributed by atoms with Crippen molar-refractivity contribution in [2.45, 2.75) is 40.2 Å². The summed E-state index contributed by atoms with van der Waals surface area (Å²) in [6.07, 6.45) is 1.45. The van der Waals surface area contributed by atoms with Crippen LogP contribution in [0.15, 0.2) is 27.2 Å². The molecule has 0 saturated carbocycles. The van der Waals surface area contributed by atoms with Crippen LogP contribution in [0.4, 0.5) is 5.88 Å². The highest BCUT2D eigenvalue weighted by molar-refractivity contribution is 6.10. The van der Waals surface area contributed by atoms with Gasteiger partial charge in [0.05, 0.1) is 19.5 Å². The third-order valence-electron chi connectivity index (χ3n) is 3.10. The summed E-state index contributed by atoms with van der Waals surface area (Å²) in [6, 6.07) is 3.30. The zero-order valence-corrected chi connectivity index (χ0v) is 15.1. The number of furan rings is 2. The number of esters is 2. The van der Waals surface area contributed by atoms with Crippen LogP contribution in [0, 0.1) is 0 Å². The predicted molar refractivity (Wildman–Crippen MR) is 91.7 cm³/mol. The fraction of sp³-hybridized carbons (Fsp3) is 0.444. The molecular formula is C18H23NO6. The topological polar surface area (TPSA) is 90.9 Å². The lowest BCUT2D eigenvalue weighted by molar-refractivity contribution is 0.0481. The van der Waals surface area contributed by atoms with Crippen LogP contribution in [0.2, 0.25) is 0 Å².